The molecular formula is C11H14N4O. The van der Waals surface area contributed by atoms with E-state index in [0.29, 0.717) is 12.6 Å². The van der Waals surface area contributed by atoms with E-state index in [2.05, 4.69) is 19.9 Å². The second-order valence-corrected chi connectivity index (χ2v) is 4.09. The molecular weight excluding hydrogens is 204 g/mol. The summed E-state index contributed by atoms with van der Waals surface area (Å²) in [5.41, 5.74) is 0.855. The highest BCUT2D eigenvalue weighted by atomic mass is 16.3. The largest absolute Gasteiger partial charge is 0.395 e. The van der Waals surface area contributed by atoms with Gasteiger partial charge in [-0.3, -0.25) is 0 Å². The fraction of sp³-hybridized carbons (Fsp3) is 0.455. The minimum absolute atomic E-state index is 0.159. The average Bonchev–Trinajstić information content (AvgIpc) is 3.02. The van der Waals surface area contributed by atoms with Gasteiger partial charge in [-0.25, -0.2) is 9.97 Å². The first-order valence-corrected chi connectivity index (χ1v) is 5.56. The zero-order valence-electron chi connectivity index (χ0n) is 8.93. The molecule has 3 rings (SSSR count). The van der Waals surface area contributed by atoms with Crippen molar-refractivity contribution in [2.24, 2.45) is 0 Å². The molecule has 5 nitrogen and oxygen atoms in total. The van der Waals surface area contributed by atoms with Crippen molar-refractivity contribution in [3.8, 4) is 0 Å². The van der Waals surface area contributed by atoms with Crippen LogP contribution in [-0.4, -0.2) is 39.3 Å². The Hall–Kier alpha value is -1.62. The average molecular weight is 218 g/mol. The molecule has 0 unspecified atom stereocenters. The van der Waals surface area contributed by atoms with Gasteiger partial charge in [-0.1, -0.05) is 0 Å². The van der Waals surface area contributed by atoms with Gasteiger partial charge < -0.3 is 15.0 Å². The van der Waals surface area contributed by atoms with Crippen molar-refractivity contribution in [2.45, 2.75) is 18.9 Å². The van der Waals surface area contributed by atoms with Crippen molar-refractivity contribution >= 4 is 16.9 Å². The topological polar surface area (TPSA) is 65.0 Å². The molecule has 0 radical (unpaired) electrons. The van der Waals surface area contributed by atoms with Gasteiger partial charge in [-0.15, -0.1) is 0 Å². The van der Waals surface area contributed by atoms with Gasteiger partial charge in [0, 0.05) is 18.8 Å². The van der Waals surface area contributed by atoms with Crippen LogP contribution in [0.3, 0.4) is 0 Å². The second-order valence-electron chi connectivity index (χ2n) is 4.09. The van der Waals surface area contributed by atoms with E-state index in [9.17, 15) is 0 Å². The van der Waals surface area contributed by atoms with Gasteiger partial charge in [0.15, 0.2) is 0 Å². The van der Waals surface area contributed by atoms with Crippen LogP contribution in [0.5, 0.6) is 0 Å². The Bertz CT molecular complexity index is 491. The van der Waals surface area contributed by atoms with E-state index >= 15 is 0 Å². The Morgan fingerprint density at radius 1 is 1.44 bits per heavy atom. The van der Waals surface area contributed by atoms with Crippen LogP contribution in [0, 0.1) is 0 Å². The Morgan fingerprint density at radius 3 is 3.06 bits per heavy atom. The van der Waals surface area contributed by atoms with Crippen LogP contribution in [0.4, 0.5) is 5.82 Å². The quantitative estimate of drug-likeness (QED) is 0.801. The number of H-pyrrole nitrogens is 1. The molecule has 2 N–H and O–H groups in total. The Kier molecular flexibility index (Phi) is 2.25. The lowest BCUT2D eigenvalue weighted by Gasteiger charge is -2.22. The van der Waals surface area contributed by atoms with Gasteiger partial charge in [0.05, 0.1) is 12.0 Å². The van der Waals surface area contributed by atoms with Crippen LogP contribution in [0.15, 0.2) is 18.6 Å². The Balaban J connectivity index is 2.04. The monoisotopic (exact) mass is 218 g/mol. The Morgan fingerprint density at radius 2 is 2.31 bits per heavy atom. The molecule has 0 bridgehead atoms. The minimum atomic E-state index is 0.159. The summed E-state index contributed by atoms with van der Waals surface area (Å²) >= 11 is 0. The SMILES string of the molecule is OCCN(c1ncnc2[nH]ccc12)C1CC1. The summed E-state index contributed by atoms with van der Waals surface area (Å²) in [7, 11) is 0. The fourth-order valence-electron chi connectivity index (χ4n) is 2.04. The van der Waals surface area contributed by atoms with Crippen LogP contribution in [0.1, 0.15) is 12.8 Å². The fourth-order valence-corrected chi connectivity index (χ4v) is 2.04. The maximum atomic E-state index is 9.10. The van der Waals surface area contributed by atoms with Crippen LogP contribution < -0.4 is 4.90 Å². The van der Waals surface area contributed by atoms with Crippen LogP contribution in [0.2, 0.25) is 0 Å². The first kappa shape index (κ1) is 9.59. The number of hydrogen-bond acceptors (Lipinski definition) is 4. The van der Waals surface area contributed by atoms with Crippen LogP contribution in [-0.2, 0) is 0 Å². The molecule has 0 aliphatic heterocycles. The molecule has 0 aromatic carbocycles. The van der Waals surface area contributed by atoms with E-state index in [4.69, 9.17) is 5.11 Å². The summed E-state index contributed by atoms with van der Waals surface area (Å²) in [5, 5.41) is 10.1. The summed E-state index contributed by atoms with van der Waals surface area (Å²) in [4.78, 5) is 13.8. The number of aromatic nitrogens is 3. The lowest BCUT2D eigenvalue weighted by molar-refractivity contribution is 0.301. The van der Waals surface area contributed by atoms with Gasteiger partial charge in [0.25, 0.3) is 0 Å². The molecule has 84 valence electrons. The smallest absolute Gasteiger partial charge is 0.142 e. The molecule has 1 saturated carbocycles. The lowest BCUT2D eigenvalue weighted by Crippen LogP contribution is -2.29. The van der Waals surface area contributed by atoms with Crippen molar-refractivity contribution in [3.63, 3.8) is 0 Å². The van der Waals surface area contributed by atoms with Crippen molar-refractivity contribution < 1.29 is 5.11 Å². The third-order valence-electron chi connectivity index (χ3n) is 2.93. The molecule has 5 heteroatoms. The van der Waals surface area contributed by atoms with E-state index in [-0.39, 0.29) is 6.61 Å². The number of aromatic amines is 1. The summed E-state index contributed by atoms with van der Waals surface area (Å²) in [6.07, 6.45) is 5.82. The van der Waals surface area contributed by atoms with Gasteiger partial charge in [0.2, 0.25) is 0 Å². The molecule has 1 aliphatic rings. The predicted molar refractivity (Wildman–Crippen MR) is 61.3 cm³/mol. The molecule has 0 spiro atoms. The highest BCUT2D eigenvalue weighted by molar-refractivity contribution is 5.87. The van der Waals surface area contributed by atoms with Crippen LogP contribution >= 0.6 is 0 Å². The molecule has 0 amide bonds. The molecule has 2 heterocycles. The zero-order valence-corrected chi connectivity index (χ0v) is 8.93. The third-order valence-corrected chi connectivity index (χ3v) is 2.93. The number of hydrogen-bond donors (Lipinski definition) is 2. The van der Waals surface area contributed by atoms with Crippen molar-refractivity contribution in [3.05, 3.63) is 18.6 Å². The molecule has 0 atom stereocenters. The number of fused-ring (bicyclic) bond motifs is 1. The van der Waals surface area contributed by atoms with E-state index in [1.54, 1.807) is 6.33 Å². The Labute approximate surface area is 93.1 Å². The molecule has 1 aliphatic carbocycles. The molecule has 0 saturated heterocycles. The standard InChI is InChI=1S/C11H14N4O/c16-6-5-15(8-1-2-8)11-9-3-4-12-10(9)13-7-14-11/h3-4,7-8,16H,1-2,5-6H2,(H,12,13,14). The lowest BCUT2D eigenvalue weighted by atomic mass is 10.3. The number of nitrogens with one attached hydrogen (secondary N) is 1. The number of nitrogens with zero attached hydrogens (tertiary/aromatic N) is 3. The van der Waals surface area contributed by atoms with E-state index in [1.807, 2.05) is 12.3 Å². The number of rotatable bonds is 4. The predicted octanol–water partition coefficient (Wildman–Crippen LogP) is 0.919. The minimum Gasteiger partial charge on any atom is -0.395 e. The highest BCUT2D eigenvalue weighted by Gasteiger charge is 2.30. The second kappa shape index (κ2) is 3.75. The maximum Gasteiger partial charge on any atom is 0.142 e. The van der Waals surface area contributed by atoms with Crippen LogP contribution in [0.25, 0.3) is 11.0 Å². The van der Waals surface area contributed by atoms with E-state index < -0.39 is 0 Å². The summed E-state index contributed by atoms with van der Waals surface area (Å²) in [6, 6.07) is 2.53. The number of anilines is 1. The molecule has 2 aromatic rings. The van der Waals surface area contributed by atoms with Crippen molar-refractivity contribution in [1.29, 1.82) is 0 Å². The maximum absolute atomic E-state index is 9.10. The van der Waals surface area contributed by atoms with Crippen molar-refractivity contribution in [2.75, 3.05) is 18.1 Å². The highest BCUT2D eigenvalue weighted by Crippen LogP contribution is 2.33. The van der Waals surface area contributed by atoms with E-state index in [1.165, 1.54) is 12.8 Å². The first-order chi connectivity index (χ1) is 7.90. The normalized spacial score (nSPS) is 15.6. The van der Waals surface area contributed by atoms with Gasteiger partial charge >= 0.3 is 0 Å². The number of aliphatic hydroxyl groups is 1. The number of aliphatic hydroxyl groups excluding tert-OH is 1. The van der Waals surface area contributed by atoms with Crippen molar-refractivity contribution in [1.82, 2.24) is 15.0 Å². The molecule has 2 aromatic heterocycles. The van der Waals surface area contributed by atoms with Gasteiger partial charge in [0.1, 0.15) is 17.8 Å². The van der Waals surface area contributed by atoms with Gasteiger partial charge in [-0.05, 0) is 18.9 Å². The van der Waals surface area contributed by atoms with E-state index in [0.717, 1.165) is 16.9 Å². The first-order valence-electron chi connectivity index (χ1n) is 5.56. The summed E-state index contributed by atoms with van der Waals surface area (Å²) in [6.45, 7) is 0.800. The molecule has 16 heavy (non-hydrogen) atoms. The summed E-state index contributed by atoms with van der Waals surface area (Å²) < 4.78 is 0. The zero-order chi connectivity index (χ0) is 11.0. The molecule has 1 fully saturated rings. The summed E-state index contributed by atoms with van der Waals surface area (Å²) in [5.74, 6) is 0.933. The van der Waals surface area contributed by atoms with Gasteiger partial charge in [-0.2, -0.15) is 0 Å². The third kappa shape index (κ3) is 1.53.